The SMILES string of the molecule is Cc1cncc(OC2CCOC3(C2)CN(Cc2cc(C)nn2C)C3)n1. The average Bonchev–Trinajstić information content (AvgIpc) is 2.84. The van der Waals surface area contributed by atoms with Gasteiger partial charge in [0.25, 0.3) is 0 Å². The molecule has 7 nitrogen and oxygen atoms in total. The van der Waals surface area contributed by atoms with E-state index in [4.69, 9.17) is 9.47 Å². The van der Waals surface area contributed by atoms with Gasteiger partial charge >= 0.3 is 0 Å². The normalized spacial score (nSPS) is 22.8. The summed E-state index contributed by atoms with van der Waals surface area (Å²) < 4.78 is 14.1. The third-order valence-electron chi connectivity index (χ3n) is 4.98. The molecule has 2 fully saturated rings. The second-order valence-electron chi connectivity index (χ2n) is 7.31. The maximum Gasteiger partial charge on any atom is 0.232 e. The predicted molar refractivity (Wildman–Crippen MR) is 92.3 cm³/mol. The van der Waals surface area contributed by atoms with E-state index in [1.165, 1.54) is 5.69 Å². The van der Waals surface area contributed by atoms with E-state index in [1.807, 2.05) is 25.6 Å². The average molecular weight is 343 g/mol. The highest BCUT2D eigenvalue weighted by atomic mass is 16.5. The van der Waals surface area contributed by atoms with Crippen molar-refractivity contribution in [1.29, 1.82) is 0 Å². The summed E-state index contributed by atoms with van der Waals surface area (Å²) in [6.07, 6.45) is 5.38. The zero-order valence-corrected chi connectivity index (χ0v) is 15.1. The Balaban J connectivity index is 1.34. The van der Waals surface area contributed by atoms with Gasteiger partial charge in [-0.1, -0.05) is 0 Å². The lowest BCUT2D eigenvalue weighted by Crippen LogP contribution is -2.65. The molecule has 2 aromatic heterocycles. The highest BCUT2D eigenvalue weighted by molar-refractivity contribution is 5.12. The smallest absolute Gasteiger partial charge is 0.232 e. The van der Waals surface area contributed by atoms with Crippen LogP contribution in [-0.2, 0) is 18.3 Å². The fraction of sp³-hybridized carbons (Fsp3) is 0.611. The summed E-state index contributed by atoms with van der Waals surface area (Å²) in [4.78, 5) is 11.0. The molecule has 7 heteroatoms. The molecule has 0 N–H and O–H groups in total. The maximum absolute atomic E-state index is 6.12. The molecule has 0 saturated carbocycles. The number of aryl methyl sites for hydroxylation is 3. The van der Waals surface area contributed by atoms with Crippen LogP contribution in [0.4, 0.5) is 0 Å². The Bertz CT molecular complexity index is 754. The van der Waals surface area contributed by atoms with Crippen molar-refractivity contribution in [3.05, 3.63) is 35.5 Å². The second kappa shape index (κ2) is 6.38. The number of hydrogen-bond donors (Lipinski definition) is 0. The van der Waals surface area contributed by atoms with Crippen LogP contribution in [0, 0.1) is 13.8 Å². The molecule has 0 bridgehead atoms. The van der Waals surface area contributed by atoms with Crippen molar-refractivity contribution in [3.63, 3.8) is 0 Å². The van der Waals surface area contributed by atoms with Crippen molar-refractivity contribution in [2.24, 2.45) is 7.05 Å². The van der Waals surface area contributed by atoms with Crippen molar-refractivity contribution in [1.82, 2.24) is 24.6 Å². The minimum atomic E-state index is -0.0756. The number of likely N-dealkylation sites (tertiary alicyclic amines) is 1. The number of aromatic nitrogens is 4. The van der Waals surface area contributed by atoms with Crippen LogP contribution >= 0.6 is 0 Å². The summed E-state index contributed by atoms with van der Waals surface area (Å²) in [5, 5.41) is 4.42. The van der Waals surface area contributed by atoms with Crippen LogP contribution in [0.3, 0.4) is 0 Å². The van der Waals surface area contributed by atoms with Gasteiger partial charge in [-0.15, -0.1) is 0 Å². The fourth-order valence-electron chi connectivity index (χ4n) is 3.89. The molecule has 1 atom stereocenters. The molecule has 4 rings (SSSR count). The number of rotatable bonds is 4. The van der Waals surface area contributed by atoms with Crippen LogP contribution in [0.25, 0.3) is 0 Å². The van der Waals surface area contributed by atoms with Gasteiger partial charge in [0.2, 0.25) is 5.88 Å². The Kier molecular flexibility index (Phi) is 4.21. The quantitative estimate of drug-likeness (QED) is 0.841. The fourth-order valence-corrected chi connectivity index (χ4v) is 3.89. The van der Waals surface area contributed by atoms with Crippen LogP contribution in [-0.4, -0.2) is 56.0 Å². The molecule has 0 amide bonds. The Morgan fingerprint density at radius 2 is 2.12 bits per heavy atom. The Morgan fingerprint density at radius 3 is 2.84 bits per heavy atom. The first-order chi connectivity index (χ1) is 12.0. The Morgan fingerprint density at radius 1 is 1.28 bits per heavy atom. The van der Waals surface area contributed by atoms with Crippen molar-refractivity contribution in [2.75, 3.05) is 19.7 Å². The molecule has 134 valence electrons. The molecule has 25 heavy (non-hydrogen) atoms. The summed E-state index contributed by atoms with van der Waals surface area (Å²) >= 11 is 0. The van der Waals surface area contributed by atoms with E-state index in [1.54, 1.807) is 12.4 Å². The third-order valence-corrected chi connectivity index (χ3v) is 4.98. The second-order valence-corrected chi connectivity index (χ2v) is 7.31. The molecule has 2 aromatic rings. The monoisotopic (exact) mass is 343 g/mol. The Labute approximate surface area is 148 Å². The molecular formula is C18H25N5O2. The minimum absolute atomic E-state index is 0.0756. The highest BCUT2D eigenvalue weighted by Crippen LogP contribution is 2.36. The number of ether oxygens (including phenoxy) is 2. The van der Waals surface area contributed by atoms with Gasteiger partial charge in [0, 0.05) is 45.7 Å². The van der Waals surface area contributed by atoms with Crippen LogP contribution < -0.4 is 4.74 Å². The molecule has 2 saturated heterocycles. The standard InChI is InChI=1S/C18H25N5O2/c1-13-6-15(22(3)21-13)10-23-11-18(12-23)7-16(4-5-24-18)25-17-9-19-8-14(2)20-17/h6,8-9,16H,4-5,7,10-12H2,1-3H3. The van der Waals surface area contributed by atoms with Crippen molar-refractivity contribution < 1.29 is 9.47 Å². The lowest BCUT2D eigenvalue weighted by molar-refractivity contribution is -0.188. The van der Waals surface area contributed by atoms with E-state index < -0.39 is 0 Å². The largest absolute Gasteiger partial charge is 0.473 e. The van der Waals surface area contributed by atoms with E-state index in [2.05, 4.69) is 26.0 Å². The third kappa shape index (κ3) is 3.52. The molecule has 4 heterocycles. The molecule has 0 radical (unpaired) electrons. The van der Waals surface area contributed by atoms with Gasteiger partial charge in [0.15, 0.2) is 0 Å². The summed E-state index contributed by atoms with van der Waals surface area (Å²) in [6.45, 7) is 7.49. The number of hydrogen-bond acceptors (Lipinski definition) is 6. The van der Waals surface area contributed by atoms with E-state index in [0.717, 1.165) is 50.5 Å². The van der Waals surface area contributed by atoms with Crippen LogP contribution in [0.5, 0.6) is 5.88 Å². The predicted octanol–water partition coefficient (Wildman–Crippen LogP) is 1.64. The summed E-state index contributed by atoms with van der Waals surface area (Å²) in [6, 6.07) is 2.15. The van der Waals surface area contributed by atoms with Crippen molar-refractivity contribution in [2.45, 2.75) is 44.9 Å². The first-order valence-corrected chi connectivity index (χ1v) is 8.82. The topological polar surface area (TPSA) is 65.3 Å². The molecule has 2 aliphatic rings. The van der Waals surface area contributed by atoms with E-state index in [0.29, 0.717) is 5.88 Å². The summed E-state index contributed by atoms with van der Waals surface area (Å²) in [5.41, 5.74) is 3.11. The van der Waals surface area contributed by atoms with Gasteiger partial charge in [0.05, 0.1) is 35.5 Å². The zero-order valence-electron chi connectivity index (χ0n) is 15.1. The van der Waals surface area contributed by atoms with Gasteiger partial charge in [-0.05, 0) is 19.9 Å². The number of nitrogens with zero attached hydrogens (tertiary/aromatic N) is 5. The van der Waals surface area contributed by atoms with Crippen LogP contribution in [0.15, 0.2) is 18.5 Å². The molecule has 0 aliphatic carbocycles. The summed E-state index contributed by atoms with van der Waals surface area (Å²) in [7, 11) is 2.00. The van der Waals surface area contributed by atoms with E-state index >= 15 is 0 Å². The first kappa shape index (κ1) is 16.5. The summed E-state index contributed by atoms with van der Waals surface area (Å²) in [5.74, 6) is 0.614. The first-order valence-electron chi connectivity index (χ1n) is 8.82. The van der Waals surface area contributed by atoms with Gasteiger partial charge in [-0.3, -0.25) is 14.6 Å². The molecule has 2 aliphatic heterocycles. The molecule has 1 unspecified atom stereocenters. The van der Waals surface area contributed by atoms with Crippen LogP contribution in [0.1, 0.15) is 29.9 Å². The highest BCUT2D eigenvalue weighted by Gasteiger charge is 2.48. The maximum atomic E-state index is 6.12. The molecule has 0 aromatic carbocycles. The molecule has 1 spiro atoms. The van der Waals surface area contributed by atoms with Gasteiger partial charge in [-0.25, -0.2) is 4.98 Å². The zero-order chi connectivity index (χ0) is 17.4. The van der Waals surface area contributed by atoms with E-state index in [9.17, 15) is 0 Å². The minimum Gasteiger partial charge on any atom is -0.473 e. The lowest BCUT2D eigenvalue weighted by Gasteiger charge is -2.53. The Hall–Kier alpha value is -1.99. The van der Waals surface area contributed by atoms with Gasteiger partial charge in [-0.2, -0.15) is 5.10 Å². The molecular weight excluding hydrogens is 318 g/mol. The van der Waals surface area contributed by atoms with Crippen molar-refractivity contribution >= 4 is 0 Å². The van der Waals surface area contributed by atoms with Gasteiger partial charge in [0.1, 0.15) is 6.10 Å². The van der Waals surface area contributed by atoms with Crippen LogP contribution in [0.2, 0.25) is 0 Å². The van der Waals surface area contributed by atoms with Gasteiger partial charge < -0.3 is 9.47 Å². The van der Waals surface area contributed by atoms with Crippen molar-refractivity contribution in [3.8, 4) is 5.88 Å². The van der Waals surface area contributed by atoms with E-state index in [-0.39, 0.29) is 11.7 Å². The lowest BCUT2D eigenvalue weighted by atomic mass is 9.84.